The van der Waals surface area contributed by atoms with E-state index in [0.29, 0.717) is 18.0 Å². The average molecular weight is 330 g/mol. The van der Waals surface area contributed by atoms with Crippen LogP contribution in [0.1, 0.15) is 40.5 Å². The zero-order valence-corrected chi connectivity index (χ0v) is 14.0. The molecule has 0 aliphatic carbocycles. The monoisotopic (exact) mass is 330 g/mol. The van der Waals surface area contributed by atoms with Gasteiger partial charge in [-0.2, -0.15) is 0 Å². The van der Waals surface area contributed by atoms with E-state index in [9.17, 15) is 4.79 Å². The maximum Gasteiger partial charge on any atom is 0.273 e. The molecule has 0 spiro atoms. The third kappa shape index (κ3) is 3.98. The van der Waals surface area contributed by atoms with Gasteiger partial charge in [0.15, 0.2) is 11.5 Å². The summed E-state index contributed by atoms with van der Waals surface area (Å²) in [6, 6.07) is 5.35. The van der Waals surface area contributed by atoms with E-state index in [-0.39, 0.29) is 11.9 Å². The molecule has 7 nitrogen and oxygen atoms in total. The molecule has 0 saturated carbocycles. The fourth-order valence-corrected chi connectivity index (χ4v) is 2.76. The molecule has 2 aromatic rings. The summed E-state index contributed by atoms with van der Waals surface area (Å²) in [5.41, 5.74) is 2.18. The second-order valence-corrected chi connectivity index (χ2v) is 5.97. The SMILES string of the molecule is Cc1cccnc1C(C)NC(=O)c1cc(CN2CCOCC2)on1. The van der Waals surface area contributed by atoms with Crippen molar-refractivity contribution in [1.82, 2.24) is 20.4 Å². The quantitative estimate of drug-likeness (QED) is 0.899. The lowest BCUT2D eigenvalue weighted by molar-refractivity contribution is 0.0305. The van der Waals surface area contributed by atoms with Crippen LogP contribution < -0.4 is 5.32 Å². The van der Waals surface area contributed by atoms with Crippen LogP contribution in [0.3, 0.4) is 0 Å². The first kappa shape index (κ1) is 16.6. The third-order valence-corrected chi connectivity index (χ3v) is 4.08. The molecule has 1 unspecified atom stereocenters. The van der Waals surface area contributed by atoms with Crippen molar-refractivity contribution in [2.75, 3.05) is 26.3 Å². The number of aryl methyl sites for hydroxylation is 1. The Morgan fingerprint density at radius 2 is 2.21 bits per heavy atom. The van der Waals surface area contributed by atoms with Crippen LogP contribution in [0.4, 0.5) is 0 Å². The molecule has 128 valence electrons. The summed E-state index contributed by atoms with van der Waals surface area (Å²) in [5, 5.41) is 6.80. The fraction of sp³-hybridized carbons (Fsp3) is 0.471. The molecule has 1 saturated heterocycles. The summed E-state index contributed by atoms with van der Waals surface area (Å²) < 4.78 is 10.6. The van der Waals surface area contributed by atoms with E-state index in [4.69, 9.17) is 9.26 Å². The number of rotatable bonds is 5. The Kier molecular flexibility index (Phi) is 5.22. The number of nitrogens with one attached hydrogen (secondary N) is 1. The van der Waals surface area contributed by atoms with Gasteiger partial charge in [0.2, 0.25) is 0 Å². The number of aromatic nitrogens is 2. The van der Waals surface area contributed by atoms with Crippen LogP contribution >= 0.6 is 0 Å². The first-order valence-corrected chi connectivity index (χ1v) is 8.11. The molecule has 1 amide bonds. The van der Waals surface area contributed by atoms with Crippen LogP contribution in [0, 0.1) is 6.92 Å². The van der Waals surface area contributed by atoms with Crippen LogP contribution in [0.15, 0.2) is 28.9 Å². The van der Waals surface area contributed by atoms with Crippen molar-refractivity contribution >= 4 is 5.91 Å². The van der Waals surface area contributed by atoms with Crippen LogP contribution in [0.2, 0.25) is 0 Å². The number of amides is 1. The zero-order chi connectivity index (χ0) is 16.9. The van der Waals surface area contributed by atoms with Crippen molar-refractivity contribution in [3.8, 4) is 0 Å². The minimum atomic E-state index is -0.260. The average Bonchev–Trinajstić information content (AvgIpc) is 3.04. The van der Waals surface area contributed by atoms with E-state index in [1.807, 2.05) is 26.0 Å². The van der Waals surface area contributed by atoms with Gasteiger partial charge in [0, 0.05) is 25.4 Å². The second kappa shape index (κ2) is 7.55. The molecule has 7 heteroatoms. The lowest BCUT2D eigenvalue weighted by atomic mass is 10.1. The Hall–Kier alpha value is -2.25. The molecular weight excluding hydrogens is 308 g/mol. The Labute approximate surface area is 141 Å². The van der Waals surface area contributed by atoms with Crippen LogP contribution in [-0.2, 0) is 11.3 Å². The topological polar surface area (TPSA) is 80.5 Å². The largest absolute Gasteiger partial charge is 0.379 e. The number of pyridine rings is 1. The first-order valence-electron chi connectivity index (χ1n) is 8.11. The number of nitrogens with zero attached hydrogens (tertiary/aromatic N) is 3. The lowest BCUT2D eigenvalue weighted by Gasteiger charge is -2.25. The standard InChI is InChI=1S/C17H22N4O3/c1-12-4-3-5-18-16(12)13(2)19-17(22)15-10-14(24-20-15)11-21-6-8-23-9-7-21/h3-5,10,13H,6-9,11H2,1-2H3,(H,19,22). The lowest BCUT2D eigenvalue weighted by Crippen LogP contribution is -2.35. The molecule has 1 aliphatic heterocycles. The van der Waals surface area contributed by atoms with Gasteiger partial charge in [0.25, 0.3) is 5.91 Å². The van der Waals surface area contributed by atoms with Crippen molar-refractivity contribution in [3.05, 3.63) is 47.1 Å². The van der Waals surface area contributed by atoms with Crippen LogP contribution in [0.5, 0.6) is 0 Å². The minimum Gasteiger partial charge on any atom is -0.379 e. The van der Waals surface area contributed by atoms with Crippen LogP contribution in [-0.4, -0.2) is 47.3 Å². The number of hydrogen-bond donors (Lipinski definition) is 1. The molecule has 1 N–H and O–H groups in total. The number of morpholine rings is 1. The van der Waals surface area contributed by atoms with E-state index in [1.54, 1.807) is 12.3 Å². The molecule has 1 aliphatic rings. The van der Waals surface area contributed by atoms with E-state index < -0.39 is 0 Å². The Morgan fingerprint density at radius 1 is 1.42 bits per heavy atom. The van der Waals surface area contributed by atoms with Crippen molar-refractivity contribution in [2.45, 2.75) is 26.4 Å². The number of ether oxygens (including phenoxy) is 1. The minimum absolute atomic E-state index is 0.196. The smallest absolute Gasteiger partial charge is 0.273 e. The molecule has 2 aromatic heterocycles. The van der Waals surface area contributed by atoms with E-state index in [1.165, 1.54) is 0 Å². The summed E-state index contributed by atoms with van der Waals surface area (Å²) in [6.45, 7) is 7.68. The van der Waals surface area contributed by atoms with Gasteiger partial charge in [-0.3, -0.25) is 14.7 Å². The highest BCUT2D eigenvalue weighted by molar-refractivity contribution is 5.92. The van der Waals surface area contributed by atoms with Gasteiger partial charge < -0.3 is 14.6 Å². The molecule has 0 aromatic carbocycles. The molecule has 0 radical (unpaired) electrons. The number of carbonyl (C=O) groups is 1. The number of carbonyl (C=O) groups excluding carboxylic acids is 1. The van der Waals surface area contributed by atoms with Gasteiger partial charge in [-0.1, -0.05) is 11.2 Å². The Morgan fingerprint density at radius 3 is 2.96 bits per heavy atom. The molecule has 24 heavy (non-hydrogen) atoms. The first-order chi connectivity index (χ1) is 11.6. The summed E-state index contributed by atoms with van der Waals surface area (Å²) in [5.74, 6) is 0.424. The van der Waals surface area contributed by atoms with Gasteiger partial charge in [-0.05, 0) is 25.5 Å². The molecule has 3 heterocycles. The third-order valence-electron chi connectivity index (χ3n) is 4.08. The maximum absolute atomic E-state index is 12.4. The Bertz CT molecular complexity index is 695. The highest BCUT2D eigenvalue weighted by atomic mass is 16.5. The normalized spacial score (nSPS) is 16.8. The maximum atomic E-state index is 12.4. The fourth-order valence-electron chi connectivity index (χ4n) is 2.76. The summed E-state index contributed by atoms with van der Waals surface area (Å²) in [4.78, 5) is 18.9. The highest BCUT2D eigenvalue weighted by Gasteiger charge is 2.19. The predicted molar refractivity (Wildman–Crippen MR) is 87.5 cm³/mol. The van der Waals surface area contributed by atoms with Crippen molar-refractivity contribution in [2.24, 2.45) is 0 Å². The predicted octanol–water partition coefficient (Wildman–Crippen LogP) is 1.70. The van der Waals surface area contributed by atoms with Gasteiger partial charge in [-0.15, -0.1) is 0 Å². The van der Waals surface area contributed by atoms with Crippen molar-refractivity contribution < 1.29 is 14.1 Å². The summed E-state index contributed by atoms with van der Waals surface area (Å²) in [6.07, 6.45) is 1.72. The molecular formula is C17H22N4O3. The van der Waals surface area contributed by atoms with E-state index in [0.717, 1.165) is 37.6 Å². The molecule has 1 atom stereocenters. The summed E-state index contributed by atoms with van der Waals surface area (Å²) >= 11 is 0. The van der Waals surface area contributed by atoms with E-state index >= 15 is 0 Å². The zero-order valence-electron chi connectivity index (χ0n) is 14.0. The van der Waals surface area contributed by atoms with Crippen molar-refractivity contribution in [3.63, 3.8) is 0 Å². The van der Waals surface area contributed by atoms with Gasteiger partial charge in [0.1, 0.15) is 0 Å². The molecule has 0 bridgehead atoms. The highest BCUT2D eigenvalue weighted by Crippen LogP contribution is 2.15. The van der Waals surface area contributed by atoms with Gasteiger partial charge in [-0.25, -0.2) is 0 Å². The number of hydrogen-bond acceptors (Lipinski definition) is 6. The van der Waals surface area contributed by atoms with E-state index in [2.05, 4.69) is 20.4 Å². The second-order valence-electron chi connectivity index (χ2n) is 5.97. The van der Waals surface area contributed by atoms with Gasteiger partial charge >= 0.3 is 0 Å². The van der Waals surface area contributed by atoms with Gasteiger partial charge in [0.05, 0.1) is 31.5 Å². The molecule has 3 rings (SSSR count). The molecule has 1 fully saturated rings. The van der Waals surface area contributed by atoms with Crippen molar-refractivity contribution in [1.29, 1.82) is 0 Å². The Balaban J connectivity index is 1.60. The summed E-state index contributed by atoms with van der Waals surface area (Å²) in [7, 11) is 0. The van der Waals surface area contributed by atoms with Crippen LogP contribution in [0.25, 0.3) is 0 Å².